The first kappa shape index (κ1) is 13.9. The predicted molar refractivity (Wildman–Crippen MR) is 74.4 cm³/mol. The zero-order valence-electron chi connectivity index (χ0n) is 12.1. The molecule has 2 fully saturated rings. The van der Waals surface area contributed by atoms with Gasteiger partial charge >= 0.3 is 0 Å². The van der Waals surface area contributed by atoms with Crippen molar-refractivity contribution in [1.29, 1.82) is 0 Å². The van der Waals surface area contributed by atoms with E-state index < -0.39 is 0 Å². The lowest BCUT2D eigenvalue weighted by Gasteiger charge is -2.38. The lowest BCUT2D eigenvalue weighted by molar-refractivity contribution is -0.136. The number of piperidine rings is 1. The lowest BCUT2D eigenvalue weighted by Crippen LogP contribution is -2.54. The van der Waals surface area contributed by atoms with Crippen LogP contribution in [0.2, 0.25) is 0 Å². The average Bonchev–Trinajstić information content (AvgIpc) is 2.38. The summed E-state index contributed by atoms with van der Waals surface area (Å²) in [7, 11) is 2.01. The van der Waals surface area contributed by atoms with Gasteiger partial charge in [-0.2, -0.15) is 0 Å². The van der Waals surface area contributed by atoms with Crippen molar-refractivity contribution in [2.45, 2.75) is 64.5 Å². The summed E-state index contributed by atoms with van der Waals surface area (Å²) >= 11 is 0. The highest BCUT2D eigenvalue weighted by molar-refractivity contribution is 5.82. The highest BCUT2D eigenvalue weighted by Crippen LogP contribution is 2.27. The molecular weight excluding hydrogens is 224 g/mol. The van der Waals surface area contributed by atoms with E-state index in [1.807, 2.05) is 11.9 Å². The van der Waals surface area contributed by atoms with Crippen LogP contribution < -0.4 is 5.32 Å². The molecule has 1 amide bonds. The molecule has 1 N–H and O–H groups in total. The SMILES string of the molecule is CC1CCC(N(C)C(=O)C2NCCCC2C)CC1. The fourth-order valence-corrected chi connectivity index (χ4v) is 3.41. The molecule has 0 bridgehead atoms. The van der Waals surface area contributed by atoms with Crippen LogP contribution in [0.15, 0.2) is 0 Å². The molecular formula is C15H28N2O. The highest BCUT2D eigenvalue weighted by Gasteiger charge is 2.33. The first-order valence-corrected chi connectivity index (χ1v) is 7.59. The number of hydrogen-bond donors (Lipinski definition) is 1. The molecule has 0 radical (unpaired) electrons. The van der Waals surface area contributed by atoms with E-state index in [0.29, 0.717) is 17.9 Å². The van der Waals surface area contributed by atoms with E-state index in [1.165, 1.54) is 38.5 Å². The third kappa shape index (κ3) is 3.05. The Morgan fingerprint density at radius 2 is 1.78 bits per heavy atom. The molecule has 2 aliphatic rings. The van der Waals surface area contributed by atoms with Gasteiger partial charge in [0.25, 0.3) is 0 Å². The largest absolute Gasteiger partial charge is 0.341 e. The van der Waals surface area contributed by atoms with Gasteiger partial charge in [-0.3, -0.25) is 4.79 Å². The summed E-state index contributed by atoms with van der Waals surface area (Å²) in [6, 6.07) is 0.535. The Labute approximate surface area is 111 Å². The van der Waals surface area contributed by atoms with Crippen LogP contribution >= 0.6 is 0 Å². The number of likely N-dealkylation sites (N-methyl/N-ethyl adjacent to an activating group) is 1. The molecule has 3 heteroatoms. The fourth-order valence-electron chi connectivity index (χ4n) is 3.41. The van der Waals surface area contributed by atoms with Crippen LogP contribution in [-0.2, 0) is 4.79 Å². The van der Waals surface area contributed by atoms with Crippen molar-refractivity contribution in [3.63, 3.8) is 0 Å². The Hall–Kier alpha value is -0.570. The molecule has 2 atom stereocenters. The number of nitrogens with one attached hydrogen (secondary N) is 1. The van der Waals surface area contributed by atoms with E-state index in [0.717, 1.165) is 12.5 Å². The van der Waals surface area contributed by atoms with Crippen molar-refractivity contribution in [2.24, 2.45) is 11.8 Å². The van der Waals surface area contributed by atoms with Gasteiger partial charge in [-0.25, -0.2) is 0 Å². The van der Waals surface area contributed by atoms with Gasteiger partial charge in [0.15, 0.2) is 0 Å². The minimum atomic E-state index is 0.0584. The van der Waals surface area contributed by atoms with Crippen molar-refractivity contribution in [2.75, 3.05) is 13.6 Å². The van der Waals surface area contributed by atoms with Gasteiger partial charge in [0.2, 0.25) is 5.91 Å². The minimum Gasteiger partial charge on any atom is -0.341 e. The van der Waals surface area contributed by atoms with E-state index in [-0.39, 0.29) is 6.04 Å². The molecule has 1 aliphatic heterocycles. The number of nitrogens with zero attached hydrogens (tertiary/aromatic N) is 1. The Bertz CT molecular complexity index is 284. The molecule has 0 aromatic carbocycles. The van der Waals surface area contributed by atoms with Crippen LogP contribution in [-0.4, -0.2) is 36.5 Å². The fraction of sp³-hybridized carbons (Fsp3) is 0.933. The highest BCUT2D eigenvalue weighted by atomic mass is 16.2. The second kappa shape index (κ2) is 6.05. The summed E-state index contributed by atoms with van der Waals surface area (Å²) in [6.45, 7) is 5.52. The van der Waals surface area contributed by atoms with Crippen LogP contribution in [0.3, 0.4) is 0 Å². The van der Waals surface area contributed by atoms with Crippen LogP contribution in [0.25, 0.3) is 0 Å². The molecule has 0 spiro atoms. The van der Waals surface area contributed by atoms with Crippen molar-refractivity contribution in [3.05, 3.63) is 0 Å². The molecule has 2 unspecified atom stereocenters. The molecule has 2 rings (SSSR count). The number of carbonyl (C=O) groups is 1. The first-order valence-electron chi connectivity index (χ1n) is 7.59. The number of carbonyl (C=O) groups excluding carboxylic acids is 1. The maximum atomic E-state index is 12.6. The van der Waals surface area contributed by atoms with Gasteiger partial charge < -0.3 is 10.2 Å². The summed E-state index contributed by atoms with van der Waals surface area (Å²) < 4.78 is 0. The zero-order chi connectivity index (χ0) is 13.1. The van der Waals surface area contributed by atoms with Crippen LogP contribution in [0.5, 0.6) is 0 Å². The predicted octanol–water partition coefficient (Wildman–Crippen LogP) is 2.41. The minimum absolute atomic E-state index is 0.0584. The molecule has 3 nitrogen and oxygen atoms in total. The van der Waals surface area contributed by atoms with Gasteiger partial charge in [0.1, 0.15) is 0 Å². The van der Waals surface area contributed by atoms with Gasteiger partial charge in [-0.05, 0) is 56.9 Å². The zero-order valence-corrected chi connectivity index (χ0v) is 12.1. The number of hydrogen-bond acceptors (Lipinski definition) is 2. The Kier molecular flexibility index (Phi) is 4.66. The number of rotatable bonds is 2. The summed E-state index contributed by atoms with van der Waals surface area (Å²) in [6.07, 6.45) is 7.30. The standard InChI is InChI=1S/C15H28N2O/c1-11-6-8-13(9-7-11)17(3)15(18)14-12(2)5-4-10-16-14/h11-14,16H,4-10H2,1-3H3. The van der Waals surface area contributed by atoms with Crippen LogP contribution in [0, 0.1) is 11.8 Å². The second-order valence-corrected chi connectivity index (χ2v) is 6.41. The van der Waals surface area contributed by atoms with Crippen molar-refractivity contribution in [1.82, 2.24) is 10.2 Å². The van der Waals surface area contributed by atoms with Crippen molar-refractivity contribution >= 4 is 5.91 Å². The maximum absolute atomic E-state index is 12.6. The molecule has 1 heterocycles. The van der Waals surface area contributed by atoms with E-state index in [1.54, 1.807) is 0 Å². The van der Waals surface area contributed by atoms with E-state index in [2.05, 4.69) is 19.2 Å². The molecule has 104 valence electrons. The summed E-state index contributed by atoms with van der Waals surface area (Å²) in [4.78, 5) is 14.6. The lowest BCUT2D eigenvalue weighted by atomic mass is 9.85. The van der Waals surface area contributed by atoms with Gasteiger partial charge in [0.05, 0.1) is 6.04 Å². The van der Waals surface area contributed by atoms with Crippen LogP contribution in [0.1, 0.15) is 52.4 Å². The summed E-state index contributed by atoms with van der Waals surface area (Å²) in [5, 5.41) is 3.41. The normalized spacial score (nSPS) is 37.3. The molecule has 1 saturated carbocycles. The first-order chi connectivity index (χ1) is 8.59. The van der Waals surface area contributed by atoms with E-state index in [4.69, 9.17) is 0 Å². The summed E-state index contributed by atoms with van der Waals surface area (Å²) in [5.74, 6) is 1.65. The Morgan fingerprint density at radius 1 is 1.11 bits per heavy atom. The van der Waals surface area contributed by atoms with Gasteiger partial charge in [-0.15, -0.1) is 0 Å². The van der Waals surface area contributed by atoms with Crippen molar-refractivity contribution in [3.8, 4) is 0 Å². The van der Waals surface area contributed by atoms with Gasteiger partial charge in [0, 0.05) is 13.1 Å². The van der Waals surface area contributed by atoms with Crippen LogP contribution in [0.4, 0.5) is 0 Å². The third-order valence-corrected chi connectivity index (χ3v) is 4.92. The quantitative estimate of drug-likeness (QED) is 0.818. The smallest absolute Gasteiger partial charge is 0.239 e. The number of amides is 1. The van der Waals surface area contributed by atoms with E-state index >= 15 is 0 Å². The van der Waals surface area contributed by atoms with Gasteiger partial charge in [-0.1, -0.05) is 13.8 Å². The Balaban J connectivity index is 1.91. The second-order valence-electron chi connectivity index (χ2n) is 6.41. The monoisotopic (exact) mass is 252 g/mol. The molecule has 1 saturated heterocycles. The topological polar surface area (TPSA) is 32.3 Å². The van der Waals surface area contributed by atoms with Crippen molar-refractivity contribution < 1.29 is 4.79 Å². The molecule has 0 aromatic rings. The molecule has 18 heavy (non-hydrogen) atoms. The average molecular weight is 252 g/mol. The Morgan fingerprint density at radius 3 is 2.39 bits per heavy atom. The van der Waals surface area contributed by atoms with E-state index in [9.17, 15) is 4.79 Å². The molecule has 0 aromatic heterocycles. The maximum Gasteiger partial charge on any atom is 0.239 e. The summed E-state index contributed by atoms with van der Waals surface area (Å²) in [5.41, 5.74) is 0. The third-order valence-electron chi connectivity index (χ3n) is 4.92. The molecule has 1 aliphatic carbocycles.